The van der Waals surface area contributed by atoms with Gasteiger partial charge in [-0.25, -0.2) is 4.98 Å². The summed E-state index contributed by atoms with van der Waals surface area (Å²) in [4.78, 5) is 15.5. The number of fused-ring (bicyclic) bond motifs is 1. The van der Waals surface area contributed by atoms with E-state index in [1.807, 2.05) is 41.0 Å². The first-order chi connectivity index (χ1) is 9.29. The molecule has 0 aliphatic heterocycles. The lowest BCUT2D eigenvalue weighted by Crippen LogP contribution is -2.05. The maximum absolute atomic E-state index is 11.2. The van der Waals surface area contributed by atoms with Crippen LogP contribution in [0.25, 0.3) is 11.0 Å². The Morgan fingerprint density at radius 1 is 1.11 bits per heavy atom. The summed E-state index contributed by atoms with van der Waals surface area (Å²) in [5.74, 6) is 0.476. The Morgan fingerprint density at radius 3 is 2.63 bits per heavy atom. The first-order valence-electron chi connectivity index (χ1n) is 6.24. The molecule has 3 rings (SSSR count). The number of rotatable bonds is 3. The van der Waals surface area contributed by atoms with Gasteiger partial charge in [0.2, 0.25) is 0 Å². The van der Waals surface area contributed by atoms with E-state index >= 15 is 0 Å². The van der Waals surface area contributed by atoms with Gasteiger partial charge in [-0.3, -0.25) is 4.79 Å². The van der Waals surface area contributed by atoms with E-state index in [-0.39, 0.29) is 0 Å². The lowest BCUT2D eigenvalue weighted by molar-refractivity contribution is 0.111. The predicted octanol–water partition coefficient (Wildman–Crippen LogP) is 3.21. The maximum atomic E-state index is 11.2. The molecule has 0 unspecified atom stereocenters. The van der Waals surface area contributed by atoms with Crippen molar-refractivity contribution in [2.75, 3.05) is 0 Å². The van der Waals surface area contributed by atoms with Crippen LogP contribution in [0.5, 0.6) is 0 Å². The van der Waals surface area contributed by atoms with E-state index in [9.17, 15) is 4.79 Å². The molecular weight excluding hydrogens is 236 g/mol. The minimum Gasteiger partial charge on any atom is -0.317 e. The van der Waals surface area contributed by atoms with Crippen LogP contribution in [0.3, 0.4) is 0 Å². The number of aromatic nitrogens is 2. The van der Waals surface area contributed by atoms with E-state index in [1.165, 1.54) is 11.1 Å². The second-order valence-electron chi connectivity index (χ2n) is 4.59. The molecule has 0 amide bonds. The van der Waals surface area contributed by atoms with Gasteiger partial charge < -0.3 is 4.57 Å². The molecule has 0 spiro atoms. The molecule has 0 N–H and O–H groups in total. The Morgan fingerprint density at radius 2 is 1.84 bits per heavy atom. The summed E-state index contributed by atoms with van der Waals surface area (Å²) >= 11 is 0. The zero-order valence-electron chi connectivity index (χ0n) is 10.7. The van der Waals surface area contributed by atoms with E-state index in [4.69, 9.17) is 0 Å². The molecule has 2 aromatic carbocycles. The van der Waals surface area contributed by atoms with E-state index < -0.39 is 0 Å². The standard InChI is InChI=1S/C16H14N2O/c1-12-6-2-3-7-13(12)10-18-15-9-5-4-8-14(15)17-16(18)11-19/h2-9,11H,10H2,1H3. The minimum atomic E-state index is 0.476. The molecule has 19 heavy (non-hydrogen) atoms. The van der Waals surface area contributed by atoms with Crippen LogP contribution in [0.2, 0.25) is 0 Å². The molecule has 0 aliphatic rings. The maximum Gasteiger partial charge on any atom is 0.185 e. The summed E-state index contributed by atoms with van der Waals surface area (Å²) in [5.41, 5.74) is 4.27. The third kappa shape index (κ3) is 2.03. The number of aldehydes is 1. The van der Waals surface area contributed by atoms with Gasteiger partial charge in [0, 0.05) is 0 Å². The van der Waals surface area contributed by atoms with Crippen molar-refractivity contribution in [3.63, 3.8) is 0 Å². The fraction of sp³-hybridized carbons (Fsp3) is 0.125. The van der Waals surface area contributed by atoms with Crippen molar-refractivity contribution in [1.82, 2.24) is 9.55 Å². The summed E-state index contributed by atoms with van der Waals surface area (Å²) in [5, 5.41) is 0. The average Bonchev–Trinajstić information content (AvgIpc) is 2.79. The van der Waals surface area contributed by atoms with Crippen molar-refractivity contribution < 1.29 is 4.79 Å². The van der Waals surface area contributed by atoms with E-state index in [0.29, 0.717) is 12.4 Å². The number of hydrogen-bond donors (Lipinski definition) is 0. The van der Waals surface area contributed by atoms with Crippen LogP contribution in [0.15, 0.2) is 48.5 Å². The number of hydrogen-bond acceptors (Lipinski definition) is 2. The predicted molar refractivity (Wildman–Crippen MR) is 75.4 cm³/mol. The fourth-order valence-corrected chi connectivity index (χ4v) is 2.31. The Labute approximate surface area is 111 Å². The van der Waals surface area contributed by atoms with Crippen molar-refractivity contribution in [2.24, 2.45) is 0 Å². The van der Waals surface area contributed by atoms with Gasteiger partial charge in [-0.05, 0) is 30.2 Å². The number of carbonyl (C=O) groups is 1. The van der Waals surface area contributed by atoms with Crippen molar-refractivity contribution in [2.45, 2.75) is 13.5 Å². The minimum absolute atomic E-state index is 0.476. The summed E-state index contributed by atoms with van der Waals surface area (Å²) in [6.07, 6.45) is 0.818. The van der Waals surface area contributed by atoms with Crippen LogP contribution < -0.4 is 0 Å². The zero-order valence-corrected chi connectivity index (χ0v) is 10.7. The summed E-state index contributed by atoms with van der Waals surface area (Å²) < 4.78 is 1.96. The molecule has 3 aromatic rings. The van der Waals surface area contributed by atoms with Crippen molar-refractivity contribution in [3.8, 4) is 0 Å². The van der Waals surface area contributed by atoms with Gasteiger partial charge in [-0.1, -0.05) is 36.4 Å². The van der Waals surface area contributed by atoms with Crippen LogP contribution in [0.1, 0.15) is 21.7 Å². The molecule has 0 saturated carbocycles. The third-order valence-corrected chi connectivity index (χ3v) is 3.38. The molecule has 1 aromatic heterocycles. The van der Waals surface area contributed by atoms with Crippen LogP contribution in [-0.4, -0.2) is 15.8 Å². The van der Waals surface area contributed by atoms with Crippen molar-refractivity contribution >= 4 is 17.3 Å². The Hall–Kier alpha value is -2.42. The largest absolute Gasteiger partial charge is 0.317 e. The third-order valence-electron chi connectivity index (χ3n) is 3.38. The van der Waals surface area contributed by atoms with E-state index in [0.717, 1.165) is 17.3 Å². The Bertz CT molecular complexity index is 743. The molecule has 0 radical (unpaired) electrons. The number of para-hydroxylation sites is 2. The monoisotopic (exact) mass is 250 g/mol. The summed E-state index contributed by atoms with van der Waals surface area (Å²) in [6.45, 7) is 2.75. The van der Waals surface area contributed by atoms with Gasteiger partial charge in [0.25, 0.3) is 0 Å². The molecule has 0 bridgehead atoms. The summed E-state index contributed by atoms with van der Waals surface area (Å²) in [6, 6.07) is 16.0. The molecular formula is C16H14N2O. The highest BCUT2D eigenvalue weighted by Crippen LogP contribution is 2.18. The van der Waals surface area contributed by atoms with Crippen LogP contribution in [0.4, 0.5) is 0 Å². The molecule has 0 aliphatic carbocycles. The van der Waals surface area contributed by atoms with Crippen LogP contribution in [0, 0.1) is 6.92 Å². The highest BCUT2D eigenvalue weighted by atomic mass is 16.1. The normalized spacial score (nSPS) is 10.8. The van der Waals surface area contributed by atoms with Crippen LogP contribution >= 0.6 is 0 Å². The number of carbonyl (C=O) groups excluding carboxylic acids is 1. The molecule has 3 heteroatoms. The van der Waals surface area contributed by atoms with Crippen molar-refractivity contribution in [1.29, 1.82) is 0 Å². The average molecular weight is 250 g/mol. The van der Waals surface area contributed by atoms with E-state index in [2.05, 4.69) is 24.0 Å². The van der Waals surface area contributed by atoms with E-state index in [1.54, 1.807) is 0 Å². The fourth-order valence-electron chi connectivity index (χ4n) is 2.31. The molecule has 94 valence electrons. The first-order valence-corrected chi connectivity index (χ1v) is 6.24. The van der Waals surface area contributed by atoms with Gasteiger partial charge >= 0.3 is 0 Å². The Balaban J connectivity index is 2.14. The zero-order chi connectivity index (χ0) is 13.2. The van der Waals surface area contributed by atoms with Gasteiger partial charge in [-0.15, -0.1) is 0 Å². The molecule has 0 saturated heterocycles. The van der Waals surface area contributed by atoms with Crippen molar-refractivity contribution in [3.05, 3.63) is 65.5 Å². The SMILES string of the molecule is Cc1ccccc1Cn1c(C=O)nc2ccccc21. The quantitative estimate of drug-likeness (QED) is 0.669. The second kappa shape index (κ2) is 4.69. The number of nitrogens with zero attached hydrogens (tertiary/aromatic N) is 2. The molecule has 3 nitrogen and oxygen atoms in total. The number of aryl methyl sites for hydroxylation is 1. The second-order valence-corrected chi connectivity index (χ2v) is 4.59. The van der Waals surface area contributed by atoms with Gasteiger partial charge in [0.15, 0.2) is 12.1 Å². The first kappa shape index (κ1) is 11.7. The lowest BCUT2D eigenvalue weighted by Gasteiger charge is -2.09. The molecule has 0 atom stereocenters. The smallest absolute Gasteiger partial charge is 0.185 e. The highest BCUT2D eigenvalue weighted by Gasteiger charge is 2.10. The summed E-state index contributed by atoms with van der Waals surface area (Å²) in [7, 11) is 0. The topological polar surface area (TPSA) is 34.9 Å². The van der Waals surface area contributed by atoms with Gasteiger partial charge in [0.05, 0.1) is 17.6 Å². The number of imidazole rings is 1. The van der Waals surface area contributed by atoms with Gasteiger partial charge in [0.1, 0.15) is 0 Å². The lowest BCUT2D eigenvalue weighted by atomic mass is 10.1. The molecule has 1 heterocycles. The van der Waals surface area contributed by atoms with Gasteiger partial charge in [-0.2, -0.15) is 0 Å². The highest BCUT2D eigenvalue weighted by molar-refractivity contribution is 5.83. The van der Waals surface area contributed by atoms with Crippen LogP contribution in [-0.2, 0) is 6.54 Å². The Kier molecular flexibility index (Phi) is 2.88. The number of benzene rings is 2. The molecule has 0 fully saturated rings.